The number of esters is 1. The molecule has 0 saturated heterocycles. The number of carbonyl (C=O) groups excluding carboxylic acids is 2. The van der Waals surface area contributed by atoms with Gasteiger partial charge in [-0.2, -0.15) is 0 Å². The van der Waals surface area contributed by atoms with Gasteiger partial charge in [-0.05, 0) is 19.1 Å². The van der Waals surface area contributed by atoms with E-state index in [1.165, 1.54) is 0 Å². The number of aromatic nitrogens is 1. The van der Waals surface area contributed by atoms with Crippen LogP contribution in [0.1, 0.15) is 33.2 Å². The molecule has 2 N–H and O–H groups in total. The monoisotopic (exact) mass is 322 g/mol. The Morgan fingerprint density at radius 3 is 2.50 bits per heavy atom. The number of fused-ring (bicyclic) bond motifs is 1. The Balaban J connectivity index is 2.10. The van der Waals surface area contributed by atoms with Gasteiger partial charge in [0.2, 0.25) is 0 Å². The minimum atomic E-state index is -0.505. The summed E-state index contributed by atoms with van der Waals surface area (Å²) >= 11 is 0. The van der Waals surface area contributed by atoms with Crippen LogP contribution < -0.4 is 5.73 Å². The number of nitrogens with two attached hydrogens (primary N) is 1. The second-order valence-corrected chi connectivity index (χ2v) is 5.38. The Hall–Kier alpha value is -3.08. The Bertz CT molecular complexity index is 898. The summed E-state index contributed by atoms with van der Waals surface area (Å²) in [4.78, 5) is 24.9. The number of carbonyl (C=O) groups is 2. The minimum absolute atomic E-state index is 0.0718. The molecular weight excluding hydrogens is 304 g/mol. The molecule has 122 valence electrons. The quantitative estimate of drug-likeness (QED) is 0.578. The Labute approximate surface area is 139 Å². The number of rotatable bonds is 5. The van der Waals surface area contributed by atoms with Crippen molar-refractivity contribution in [1.82, 2.24) is 4.40 Å². The predicted molar refractivity (Wildman–Crippen MR) is 92.2 cm³/mol. The minimum Gasteiger partial charge on any atom is -0.462 e. The van der Waals surface area contributed by atoms with Crippen LogP contribution in [0.25, 0.3) is 5.52 Å². The molecule has 1 aromatic carbocycles. The Morgan fingerprint density at radius 1 is 1.08 bits per heavy atom. The van der Waals surface area contributed by atoms with Crippen LogP contribution in [0, 0.1) is 0 Å². The van der Waals surface area contributed by atoms with Gasteiger partial charge in [-0.25, -0.2) is 4.79 Å². The number of ether oxygens (including phenoxy) is 1. The predicted octanol–water partition coefficient (Wildman–Crippen LogP) is 3.12. The molecular formula is C19H18N2O3. The van der Waals surface area contributed by atoms with E-state index in [4.69, 9.17) is 10.5 Å². The number of hydrogen-bond donors (Lipinski definition) is 1. The molecule has 24 heavy (non-hydrogen) atoms. The van der Waals surface area contributed by atoms with Crippen molar-refractivity contribution in [3.05, 3.63) is 71.4 Å². The fraction of sp³-hybridized carbons (Fsp3) is 0.158. The van der Waals surface area contributed by atoms with E-state index in [0.717, 1.165) is 5.52 Å². The van der Waals surface area contributed by atoms with Gasteiger partial charge in [0, 0.05) is 23.7 Å². The van der Waals surface area contributed by atoms with Crippen LogP contribution in [0.2, 0.25) is 0 Å². The first-order valence-electron chi connectivity index (χ1n) is 7.76. The van der Waals surface area contributed by atoms with Gasteiger partial charge < -0.3 is 14.9 Å². The number of hydrogen-bond acceptors (Lipinski definition) is 4. The van der Waals surface area contributed by atoms with Gasteiger partial charge in [0.25, 0.3) is 0 Å². The van der Waals surface area contributed by atoms with E-state index < -0.39 is 5.97 Å². The highest BCUT2D eigenvalue weighted by atomic mass is 16.5. The van der Waals surface area contributed by atoms with Crippen LogP contribution in [0.15, 0.2) is 54.7 Å². The van der Waals surface area contributed by atoms with Crippen LogP contribution in [0.5, 0.6) is 0 Å². The average Bonchev–Trinajstić information content (AvgIpc) is 2.88. The van der Waals surface area contributed by atoms with Gasteiger partial charge in [-0.1, -0.05) is 36.4 Å². The molecule has 0 spiro atoms. The lowest BCUT2D eigenvalue weighted by Gasteiger charge is -2.05. The van der Waals surface area contributed by atoms with Gasteiger partial charge in [0.1, 0.15) is 11.4 Å². The van der Waals surface area contributed by atoms with Crippen molar-refractivity contribution in [3.8, 4) is 0 Å². The average molecular weight is 322 g/mol. The summed E-state index contributed by atoms with van der Waals surface area (Å²) in [6.45, 7) is 1.98. The molecule has 2 heterocycles. The van der Waals surface area contributed by atoms with E-state index in [1.54, 1.807) is 29.7 Å². The SMILES string of the molecule is CCOC(=O)c1c(CC(=O)c2ccccc2)c2ccccn2c1N. The summed E-state index contributed by atoms with van der Waals surface area (Å²) in [5.41, 5.74) is 8.34. The molecule has 3 rings (SSSR count). The van der Waals surface area contributed by atoms with Crippen LogP contribution in [-0.2, 0) is 11.2 Å². The van der Waals surface area contributed by atoms with Crippen LogP contribution in [0.3, 0.4) is 0 Å². The second-order valence-electron chi connectivity index (χ2n) is 5.38. The van der Waals surface area contributed by atoms with Gasteiger partial charge in [-0.3, -0.25) is 4.79 Å². The molecule has 0 unspecified atom stereocenters. The molecule has 2 aromatic heterocycles. The molecule has 0 radical (unpaired) electrons. The van der Waals surface area contributed by atoms with Crippen molar-refractivity contribution >= 4 is 23.1 Å². The largest absolute Gasteiger partial charge is 0.462 e. The molecule has 0 aliphatic heterocycles. The highest BCUT2D eigenvalue weighted by Gasteiger charge is 2.25. The third-order valence-electron chi connectivity index (χ3n) is 3.90. The lowest BCUT2D eigenvalue weighted by atomic mass is 10.0. The van der Waals surface area contributed by atoms with Crippen molar-refractivity contribution in [2.75, 3.05) is 12.3 Å². The lowest BCUT2D eigenvalue weighted by Crippen LogP contribution is -2.12. The normalized spacial score (nSPS) is 10.7. The molecule has 3 aromatic rings. The van der Waals surface area contributed by atoms with Gasteiger partial charge in [-0.15, -0.1) is 0 Å². The molecule has 0 fully saturated rings. The van der Waals surface area contributed by atoms with Gasteiger partial charge in [0.05, 0.1) is 12.1 Å². The third kappa shape index (κ3) is 2.76. The summed E-state index contributed by atoms with van der Waals surface area (Å²) in [6.07, 6.45) is 1.85. The summed E-state index contributed by atoms with van der Waals surface area (Å²) in [7, 11) is 0. The molecule has 0 bridgehead atoms. The van der Waals surface area contributed by atoms with Gasteiger partial charge in [0.15, 0.2) is 5.78 Å². The van der Waals surface area contributed by atoms with E-state index >= 15 is 0 Å². The molecule has 5 heteroatoms. The smallest absolute Gasteiger partial charge is 0.342 e. The number of Topliss-reactive ketones (excluding diaryl/α,β-unsaturated/α-hetero) is 1. The van der Waals surface area contributed by atoms with E-state index in [1.807, 2.05) is 36.4 Å². The number of ketones is 1. The summed E-state index contributed by atoms with van der Waals surface area (Å²) in [6, 6.07) is 14.5. The van der Waals surface area contributed by atoms with Gasteiger partial charge >= 0.3 is 5.97 Å². The van der Waals surface area contributed by atoms with E-state index in [-0.39, 0.29) is 24.4 Å². The van der Waals surface area contributed by atoms with Crippen LogP contribution in [-0.4, -0.2) is 22.8 Å². The number of anilines is 1. The lowest BCUT2D eigenvalue weighted by molar-refractivity contribution is 0.0527. The van der Waals surface area contributed by atoms with Crippen molar-refractivity contribution in [2.24, 2.45) is 0 Å². The number of benzene rings is 1. The molecule has 5 nitrogen and oxygen atoms in total. The summed E-state index contributed by atoms with van der Waals surface area (Å²) in [5, 5.41) is 0. The van der Waals surface area contributed by atoms with E-state index in [2.05, 4.69) is 0 Å². The van der Waals surface area contributed by atoms with Crippen molar-refractivity contribution in [2.45, 2.75) is 13.3 Å². The topological polar surface area (TPSA) is 73.8 Å². The fourth-order valence-electron chi connectivity index (χ4n) is 2.80. The van der Waals surface area contributed by atoms with E-state index in [9.17, 15) is 9.59 Å². The zero-order chi connectivity index (χ0) is 17.1. The third-order valence-corrected chi connectivity index (χ3v) is 3.90. The van der Waals surface area contributed by atoms with Crippen LogP contribution in [0.4, 0.5) is 5.82 Å². The fourth-order valence-corrected chi connectivity index (χ4v) is 2.80. The maximum Gasteiger partial charge on any atom is 0.342 e. The first-order chi connectivity index (χ1) is 11.6. The highest BCUT2D eigenvalue weighted by Crippen LogP contribution is 2.28. The van der Waals surface area contributed by atoms with Crippen molar-refractivity contribution < 1.29 is 14.3 Å². The molecule has 0 amide bonds. The maximum atomic E-state index is 12.6. The zero-order valence-electron chi connectivity index (χ0n) is 13.4. The highest BCUT2D eigenvalue weighted by molar-refractivity contribution is 6.04. The van der Waals surface area contributed by atoms with Crippen molar-refractivity contribution in [1.29, 1.82) is 0 Å². The number of pyridine rings is 1. The zero-order valence-corrected chi connectivity index (χ0v) is 13.4. The molecule has 0 saturated carbocycles. The first kappa shape index (κ1) is 15.8. The molecule has 0 aliphatic rings. The van der Waals surface area contributed by atoms with Crippen molar-refractivity contribution in [3.63, 3.8) is 0 Å². The number of nitrogens with zero attached hydrogens (tertiary/aromatic N) is 1. The van der Waals surface area contributed by atoms with E-state index in [0.29, 0.717) is 16.9 Å². The summed E-state index contributed by atoms with van der Waals surface area (Å²) < 4.78 is 6.83. The molecule has 0 atom stereocenters. The molecule has 0 aliphatic carbocycles. The number of nitrogen functional groups attached to an aromatic ring is 1. The summed E-state index contributed by atoms with van der Waals surface area (Å²) in [5.74, 6) is -0.285. The standard InChI is InChI=1S/C19H18N2O3/c1-2-24-19(23)17-14(12-16(22)13-8-4-3-5-9-13)15-10-6-7-11-21(15)18(17)20/h3-11H,2,12,20H2,1H3. The maximum absolute atomic E-state index is 12.6. The first-order valence-corrected chi connectivity index (χ1v) is 7.76. The van der Waals surface area contributed by atoms with Crippen LogP contribution >= 0.6 is 0 Å². The second kappa shape index (κ2) is 6.58. The Morgan fingerprint density at radius 2 is 1.79 bits per heavy atom. The Kier molecular flexibility index (Phi) is 4.33.